The number of piperidine rings is 1. The first-order chi connectivity index (χ1) is 22.2. The largest absolute Gasteiger partial charge is 0.492 e. The summed E-state index contributed by atoms with van der Waals surface area (Å²) in [5, 5.41) is 14.1. The molecular formula is C31H35ClN8O6S. The number of alkyl carbamates (subject to hydrolysis) is 1. The van der Waals surface area contributed by atoms with Crippen LogP contribution in [0.3, 0.4) is 0 Å². The summed E-state index contributed by atoms with van der Waals surface area (Å²) in [6.07, 6.45) is 4.09. The Morgan fingerprint density at radius 1 is 1.19 bits per heavy atom. The van der Waals surface area contributed by atoms with Crippen LogP contribution in [0, 0.1) is 0 Å². The molecule has 4 aromatic rings. The lowest BCUT2D eigenvalue weighted by atomic mass is 9.90. The number of benzene rings is 1. The molecule has 0 bridgehead atoms. The van der Waals surface area contributed by atoms with Crippen LogP contribution in [0.25, 0.3) is 5.65 Å². The predicted octanol–water partition coefficient (Wildman–Crippen LogP) is 4.05. The van der Waals surface area contributed by atoms with Gasteiger partial charge in [0, 0.05) is 36.1 Å². The fourth-order valence-corrected chi connectivity index (χ4v) is 6.35. The van der Waals surface area contributed by atoms with Crippen LogP contribution in [0.5, 0.6) is 5.88 Å². The summed E-state index contributed by atoms with van der Waals surface area (Å²) >= 11 is 7.61. The zero-order valence-electron chi connectivity index (χ0n) is 26.2. The predicted molar refractivity (Wildman–Crippen MR) is 178 cm³/mol. The molecule has 1 aliphatic rings. The number of ether oxygens (including phenoxy) is 2. The molecule has 14 nitrogen and oxygen atoms in total. The number of nitrogens with two attached hydrogens (primary N) is 2. The Kier molecular flexibility index (Phi) is 9.41. The standard InChI is InChI=1S/C31H35ClN8O6S/c1-30(2,15-17-8-11-40-20(14-17)37-25(41)22(27(40)42)28(43)45-4)46-29(44)38-31(3)9-12-39(13-10-31)21-16-35-26(24(34)36-21)47-19-7-5-6-18(33)23(19)32/h5-8,11,14,16,41H,9-10,12-13,15,33H2,1-4H3,(H2,34,36)(H,38,44). The maximum absolute atomic E-state index is 13.0. The number of fused-ring (bicyclic) bond motifs is 1. The van der Waals surface area contributed by atoms with Crippen LogP contribution < -0.4 is 27.2 Å². The van der Waals surface area contributed by atoms with E-state index in [0.717, 1.165) is 16.4 Å². The number of carbonyl (C=O) groups is 2. The Morgan fingerprint density at radius 2 is 1.91 bits per heavy atom. The highest BCUT2D eigenvalue weighted by atomic mass is 35.5. The normalized spacial score (nSPS) is 14.5. The van der Waals surface area contributed by atoms with Crippen molar-refractivity contribution in [2.75, 3.05) is 36.6 Å². The van der Waals surface area contributed by atoms with E-state index in [2.05, 4.69) is 29.9 Å². The Labute approximate surface area is 279 Å². The van der Waals surface area contributed by atoms with Gasteiger partial charge in [0.15, 0.2) is 11.4 Å². The minimum Gasteiger partial charge on any atom is -0.492 e. The number of nitrogen functional groups attached to an aromatic ring is 2. The summed E-state index contributed by atoms with van der Waals surface area (Å²) in [5.41, 5.74) is 10.7. The highest BCUT2D eigenvalue weighted by Crippen LogP contribution is 2.38. The number of aromatic nitrogens is 4. The Hall–Kier alpha value is -4.76. The summed E-state index contributed by atoms with van der Waals surface area (Å²) in [4.78, 5) is 53.5. The molecule has 1 fully saturated rings. The van der Waals surface area contributed by atoms with E-state index in [9.17, 15) is 19.5 Å². The number of carbonyl (C=O) groups excluding carboxylic acids is 2. The van der Waals surface area contributed by atoms with Crippen molar-refractivity contribution in [3.05, 3.63) is 69.2 Å². The van der Waals surface area contributed by atoms with E-state index in [1.807, 2.05) is 19.1 Å². The van der Waals surface area contributed by atoms with E-state index < -0.39 is 40.2 Å². The van der Waals surface area contributed by atoms with Gasteiger partial charge in [-0.3, -0.25) is 9.20 Å². The van der Waals surface area contributed by atoms with Crippen molar-refractivity contribution in [3.63, 3.8) is 0 Å². The molecule has 0 aliphatic carbocycles. The monoisotopic (exact) mass is 682 g/mol. The SMILES string of the molecule is COC(=O)c1c(O)nc2cc(CC(C)(C)OC(=O)NC3(C)CCN(c4cnc(Sc5cccc(N)c5Cl)c(N)n4)CC3)ccn2c1=O. The highest BCUT2D eigenvalue weighted by Gasteiger charge is 2.35. The molecular weight excluding hydrogens is 648 g/mol. The lowest BCUT2D eigenvalue weighted by molar-refractivity contribution is 0.0323. The average Bonchev–Trinajstić information content (AvgIpc) is 2.99. The number of esters is 1. The first-order valence-corrected chi connectivity index (χ1v) is 15.8. The molecule has 0 radical (unpaired) electrons. The number of nitrogens with one attached hydrogen (secondary N) is 1. The average molecular weight is 683 g/mol. The summed E-state index contributed by atoms with van der Waals surface area (Å²) < 4.78 is 11.5. The molecule has 16 heteroatoms. The second-order valence-corrected chi connectivity index (χ2v) is 13.5. The molecule has 1 amide bonds. The van der Waals surface area contributed by atoms with Gasteiger partial charge in [-0.05, 0) is 63.4 Å². The van der Waals surface area contributed by atoms with Gasteiger partial charge in [-0.2, -0.15) is 4.98 Å². The third-order valence-corrected chi connectivity index (χ3v) is 9.41. The zero-order valence-corrected chi connectivity index (χ0v) is 27.8. The van der Waals surface area contributed by atoms with Crippen molar-refractivity contribution in [2.24, 2.45) is 0 Å². The summed E-state index contributed by atoms with van der Waals surface area (Å²) in [5.74, 6) is -0.792. The molecule has 1 aliphatic heterocycles. The molecule has 5 rings (SSSR count). The quantitative estimate of drug-likeness (QED) is 0.153. The van der Waals surface area contributed by atoms with Crippen LogP contribution in [-0.2, 0) is 15.9 Å². The number of halogens is 1. The van der Waals surface area contributed by atoms with Gasteiger partial charge in [-0.1, -0.05) is 29.4 Å². The number of hydrogen-bond acceptors (Lipinski definition) is 13. The van der Waals surface area contributed by atoms with Crippen molar-refractivity contribution in [3.8, 4) is 5.88 Å². The number of nitrogens with zero attached hydrogens (tertiary/aromatic N) is 5. The summed E-state index contributed by atoms with van der Waals surface area (Å²) in [6, 6.07) is 8.60. The molecule has 0 atom stereocenters. The van der Waals surface area contributed by atoms with E-state index in [-0.39, 0.29) is 17.9 Å². The lowest BCUT2D eigenvalue weighted by Gasteiger charge is -2.40. The molecule has 4 heterocycles. The molecule has 0 saturated carbocycles. The van der Waals surface area contributed by atoms with Crippen molar-refractivity contribution in [1.29, 1.82) is 0 Å². The third kappa shape index (κ3) is 7.46. The Bertz CT molecular complexity index is 1910. The minimum atomic E-state index is -0.984. The van der Waals surface area contributed by atoms with Gasteiger partial charge in [0.2, 0.25) is 5.88 Å². The Balaban J connectivity index is 1.17. The van der Waals surface area contributed by atoms with Gasteiger partial charge in [0.1, 0.15) is 22.1 Å². The molecule has 248 valence electrons. The summed E-state index contributed by atoms with van der Waals surface area (Å²) in [7, 11) is 1.11. The number of anilines is 3. The smallest absolute Gasteiger partial charge is 0.408 e. The number of methoxy groups -OCH3 is 1. The van der Waals surface area contributed by atoms with Crippen molar-refractivity contribution in [1.82, 2.24) is 24.7 Å². The highest BCUT2D eigenvalue weighted by molar-refractivity contribution is 7.99. The van der Waals surface area contributed by atoms with Gasteiger partial charge in [-0.15, -0.1) is 0 Å². The lowest BCUT2D eigenvalue weighted by Crippen LogP contribution is -2.54. The summed E-state index contributed by atoms with van der Waals surface area (Å²) in [6.45, 7) is 6.72. The molecule has 47 heavy (non-hydrogen) atoms. The van der Waals surface area contributed by atoms with Gasteiger partial charge in [0.05, 0.1) is 24.0 Å². The van der Waals surface area contributed by atoms with E-state index in [1.165, 1.54) is 18.0 Å². The molecule has 3 aromatic heterocycles. The van der Waals surface area contributed by atoms with E-state index in [4.69, 9.17) is 27.8 Å². The minimum absolute atomic E-state index is 0.128. The van der Waals surface area contributed by atoms with E-state index >= 15 is 0 Å². The van der Waals surface area contributed by atoms with E-state index in [0.29, 0.717) is 53.0 Å². The third-order valence-electron chi connectivity index (χ3n) is 7.81. The molecule has 1 aromatic carbocycles. The van der Waals surface area contributed by atoms with Crippen LogP contribution in [0.1, 0.15) is 49.5 Å². The fourth-order valence-electron chi connectivity index (χ4n) is 5.29. The van der Waals surface area contributed by atoms with Crippen LogP contribution in [0.15, 0.2) is 57.4 Å². The molecule has 0 spiro atoms. The van der Waals surface area contributed by atoms with Gasteiger partial charge < -0.3 is 36.3 Å². The first-order valence-electron chi connectivity index (χ1n) is 14.6. The first kappa shape index (κ1) is 33.6. The number of aromatic hydroxyl groups is 1. The van der Waals surface area contributed by atoms with Crippen molar-refractivity contribution >= 4 is 58.4 Å². The molecule has 6 N–H and O–H groups in total. The number of rotatable bonds is 8. The van der Waals surface area contributed by atoms with Gasteiger partial charge in [0.25, 0.3) is 5.56 Å². The number of amides is 1. The van der Waals surface area contributed by atoms with Crippen LogP contribution in [0.4, 0.5) is 22.1 Å². The molecule has 1 saturated heterocycles. The fraction of sp³-hybridized carbons (Fsp3) is 0.355. The van der Waals surface area contributed by atoms with E-state index in [1.54, 1.807) is 38.2 Å². The van der Waals surface area contributed by atoms with Gasteiger partial charge >= 0.3 is 12.1 Å². The number of hydrogen-bond donors (Lipinski definition) is 4. The second-order valence-electron chi connectivity index (χ2n) is 12.0. The van der Waals surface area contributed by atoms with Crippen LogP contribution in [-0.4, -0.2) is 67.9 Å². The van der Waals surface area contributed by atoms with Crippen LogP contribution >= 0.6 is 23.4 Å². The molecule has 0 unspecified atom stereocenters. The Morgan fingerprint density at radius 3 is 2.60 bits per heavy atom. The number of pyridine rings is 1. The maximum Gasteiger partial charge on any atom is 0.408 e. The second kappa shape index (κ2) is 13.2. The zero-order chi connectivity index (χ0) is 34.1. The topological polar surface area (TPSA) is 200 Å². The van der Waals surface area contributed by atoms with Crippen molar-refractivity contribution < 1.29 is 24.2 Å². The van der Waals surface area contributed by atoms with Crippen molar-refractivity contribution in [2.45, 2.75) is 61.1 Å². The van der Waals surface area contributed by atoms with Gasteiger partial charge in [-0.25, -0.2) is 19.6 Å². The van der Waals surface area contributed by atoms with Crippen LogP contribution in [0.2, 0.25) is 5.02 Å². The maximum atomic E-state index is 13.0.